The fourth-order valence-corrected chi connectivity index (χ4v) is 3.72. The summed E-state index contributed by atoms with van der Waals surface area (Å²) in [6, 6.07) is 15.9. The van der Waals surface area contributed by atoms with Crippen molar-refractivity contribution in [3.63, 3.8) is 0 Å². The Hall–Kier alpha value is -3.98. The summed E-state index contributed by atoms with van der Waals surface area (Å²) in [4.78, 5) is 16.3. The summed E-state index contributed by atoms with van der Waals surface area (Å²) in [6.45, 7) is 4.81. The molecule has 3 heterocycles. The third-order valence-electron chi connectivity index (χ3n) is 5.46. The smallest absolute Gasteiger partial charge is 0.229 e. The first kappa shape index (κ1) is 20.9. The monoisotopic (exact) mass is 443 g/mol. The van der Waals surface area contributed by atoms with Crippen molar-refractivity contribution in [2.24, 2.45) is 5.10 Å². The van der Waals surface area contributed by atoms with E-state index in [1.54, 1.807) is 19.7 Å². The fourth-order valence-electron chi connectivity index (χ4n) is 3.72. The molecule has 0 amide bonds. The lowest BCUT2D eigenvalue weighted by Gasteiger charge is -2.27. The van der Waals surface area contributed by atoms with E-state index in [4.69, 9.17) is 19.4 Å². The Morgan fingerprint density at radius 3 is 2.67 bits per heavy atom. The number of hydrazone groups is 1. The summed E-state index contributed by atoms with van der Waals surface area (Å²) >= 11 is 0. The molecule has 2 aromatic carbocycles. The Balaban J connectivity index is 1.54. The van der Waals surface area contributed by atoms with E-state index < -0.39 is 0 Å². The molecule has 1 fully saturated rings. The first-order valence-corrected chi connectivity index (χ1v) is 10.8. The molecule has 0 atom stereocenters. The number of ether oxygens (including phenoxy) is 2. The van der Waals surface area contributed by atoms with Gasteiger partial charge in [0.2, 0.25) is 5.95 Å². The molecule has 33 heavy (non-hydrogen) atoms. The molecule has 0 radical (unpaired) electrons. The van der Waals surface area contributed by atoms with Crippen LogP contribution in [0.2, 0.25) is 0 Å². The van der Waals surface area contributed by atoms with E-state index in [9.17, 15) is 0 Å². The number of morpholine rings is 1. The Kier molecular flexibility index (Phi) is 5.86. The van der Waals surface area contributed by atoms with Gasteiger partial charge in [0, 0.05) is 18.8 Å². The Labute approximate surface area is 191 Å². The van der Waals surface area contributed by atoms with Crippen LogP contribution < -0.4 is 15.1 Å². The van der Waals surface area contributed by atoms with Crippen LogP contribution in [-0.4, -0.2) is 59.1 Å². The molecule has 0 saturated carbocycles. The summed E-state index contributed by atoms with van der Waals surface area (Å²) < 4.78 is 12.7. The molecule has 4 aromatic rings. The minimum absolute atomic E-state index is 0.553. The van der Waals surface area contributed by atoms with E-state index in [0.29, 0.717) is 36.1 Å². The Morgan fingerprint density at radius 1 is 1.09 bits per heavy atom. The van der Waals surface area contributed by atoms with Crippen LogP contribution in [-0.2, 0) is 4.74 Å². The van der Waals surface area contributed by atoms with Crippen molar-refractivity contribution in [3.05, 3.63) is 66.0 Å². The molecule has 0 bridgehead atoms. The van der Waals surface area contributed by atoms with E-state index >= 15 is 0 Å². The standard InChI is InChI=1S/C24H25N7O2/c1-17-4-3-5-18(14-17)15-26-29-22-21-23(28-24(27-22)30-10-12-33-13-11-30)31(16-25-21)19-6-8-20(32-2)9-7-19/h3-9,14-16H,10-13H2,1-2H3,(H,27,28,29). The highest BCUT2D eigenvalue weighted by Crippen LogP contribution is 2.26. The number of methoxy groups -OCH3 is 1. The quantitative estimate of drug-likeness (QED) is 0.361. The maximum atomic E-state index is 5.50. The van der Waals surface area contributed by atoms with Gasteiger partial charge in [-0.1, -0.05) is 29.8 Å². The molecule has 1 N–H and O–H groups in total. The lowest BCUT2D eigenvalue weighted by Crippen LogP contribution is -2.37. The molecule has 1 aliphatic rings. The first-order valence-electron chi connectivity index (χ1n) is 10.8. The average Bonchev–Trinajstić information content (AvgIpc) is 3.29. The van der Waals surface area contributed by atoms with Gasteiger partial charge in [-0.15, -0.1) is 0 Å². The topological polar surface area (TPSA) is 89.7 Å². The van der Waals surface area contributed by atoms with E-state index in [0.717, 1.165) is 30.1 Å². The van der Waals surface area contributed by atoms with Gasteiger partial charge in [0.25, 0.3) is 0 Å². The van der Waals surface area contributed by atoms with E-state index in [1.807, 2.05) is 41.0 Å². The lowest BCUT2D eigenvalue weighted by molar-refractivity contribution is 0.122. The van der Waals surface area contributed by atoms with Gasteiger partial charge in [-0.05, 0) is 36.8 Å². The van der Waals surface area contributed by atoms with Crippen LogP contribution in [0.5, 0.6) is 5.75 Å². The summed E-state index contributed by atoms with van der Waals surface area (Å²) in [5, 5.41) is 4.42. The van der Waals surface area contributed by atoms with E-state index in [2.05, 4.69) is 39.5 Å². The minimum atomic E-state index is 0.553. The predicted molar refractivity (Wildman–Crippen MR) is 129 cm³/mol. The zero-order chi connectivity index (χ0) is 22.6. The number of rotatable bonds is 6. The SMILES string of the molecule is COc1ccc(-n2cnc3c(NN=Cc4cccc(C)c4)nc(N4CCOCC4)nc32)cc1. The molecule has 5 rings (SSSR count). The van der Waals surface area contributed by atoms with Crippen LogP contribution in [0.15, 0.2) is 60.0 Å². The van der Waals surface area contributed by atoms with Gasteiger partial charge in [0.1, 0.15) is 12.1 Å². The van der Waals surface area contributed by atoms with E-state index in [-0.39, 0.29) is 0 Å². The normalized spacial score (nSPS) is 14.2. The van der Waals surface area contributed by atoms with Crippen molar-refractivity contribution in [2.75, 3.05) is 43.7 Å². The number of hydrogen-bond donors (Lipinski definition) is 1. The van der Waals surface area contributed by atoms with Crippen LogP contribution in [0, 0.1) is 6.92 Å². The maximum absolute atomic E-state index is 5.50. The molecule has 0 spiro atoms. The zero-order valence-corrected chi connectivity index (χ0v) is 18.6. The number of hydrogen-bond acceptors (Lipinski definition) is 8. The first-order chi connectivity index (χ1) is 16.2. The molecule has 168 valence electrons. The molecule has 9 heteroatoms. The van der Waals surface area contributed by atoms with Crippen molar-refractivity contribution < 1.29 is 9.47 Å². The van der Waals surface area contributed by atoms with Crippen molar-refractivity contribution in [1.82, 2.24) is 19.5 Å². The minimum Gasteiger partial charge on any atom is -0.497 e. The van der Waals surface area contributed by atoms with Crippen molar-refractivity contribution in [3.8, 4) is 11.4 Å². The van der Waals surface area contributed by atoms with Crippen LogP contribution in [0.25, 0.3) is 16.9 Å². The molecule has 0 aliphatic carbocycles. The number of fused-ring (bicyclic) bond motifs is 1. The second kappa shape index (κ2) is 9.25. The number of nitrogens with one attached hydrogen (secondary N) is 1. The van der Waals surface area contributed by atoms with Gasteiger partial charge in [-0.3, -0.25) is 9.99 Å². The largest absolute Gasteiger partial charge is 0.497 e. The van der Waals surface area contributed by atoms with Gasteiger partial charge in [0.15, 0.2) is 17.0 Å². The summed E-state index contributed by atoms with van der Waals surface area (Å²) in [7, 11) is 1.65. The number of anilines is 2. The summed E-state index contributed by atoms with van der Waals surface area (Å²) in [5.41, 5.74) is 7.54. The fraction of sp³-hybridized carbons (Fsp3) is 0.250. The lowest BCUT2D eigenvalue weighted by atomic mass is 10.2. The average molecular weight is 444 g/mol. The molecule has 1 aliphatic heterocycles. The Bertz CT molecular complexity index is 1280. The van der Waals surface area contributed by atoms with E-state index in [1.165, 1.54) is 5.56 Å². The number of aryl methyl sites for hydroxylation is 1. The van der Waals surface area contributed by atoms with Crippen molar-refractivity contribution in [1.29, 1.82) is 0 Å². The summed E-state index contributed by atoms with van der Waals surface area (Å²) in [6.07, 6.45) is 3.52. The van der Waals surface area contributed by atoms with Gasteiger partial charge in [0.05, 0.1) is 26.5 Å². The van der Waals surface area contributed by atoms with Crippen LogP contribution >= 0.6 is 0 Å². The third kappa shape index (κ3) is 4.49. The molecular formula is C24H25N7O2. The number of imidazole rings is 1. The highest BCUT2D eigenvalue weighted by Gasteiger charge is 2.19. The van der Waals surface area contributed by atoms with Gasteiger partial charge in [-0.2, -0.15) is 15.1 Å². The highest BCUT2D eigenvalue weighted by atomic mass is 16.5. The van der Waals surface area contributed by atoms with Crippen molar-refractivity contribution >= 4 is 29.1 Å². The van der Waals surface area contributed by atoms with Gasteiger partial charge in [-0.25, -0.2) is 4.98 Å². The van der Waals surface area contributed by atoms with Crippen LogP contribution in [0.3, 0.4) is 0 Å². The van der Waals surface area contributed by atoms with Crippen LogP contribution in [0.4, 0.5) is 11.8 Å². The van der Waals surface area contributed by atoms with Gasteiger partial charge < -0.3 is 14.4 Å². The number of nitrogens with zero attached hydrogens (tertiary/aromatic N) is 6. The third-order valence-corrected chi connectivity index (χ3v) is 5.46. The van der Waals surface area contributed by atoms with Crippen LogP contribution in [0.1, 0.15) is 11.1 Å². The molecule has 0 unspecified atom stereocenters. The highest BCUT2D eigenvalue weighted by molar-refractivity contribution is 5.87. The predicted octanol–water partition coefficient (Wildman–Crippen LogP) is 3.42. The maximum Gasteiger partial charge on any atom is 0.229 e. The second-order valence-corrected chi connectivity index (χ2v) is 7.74. The second-order valence-electron chi connectivity index (χ2n) is 7.74. The number of benzene rings is 2. The molecule has 2 aromatic heterocycles. The molecular weight excluding hydrogens is 418 g/mol. The number of aromatic nitrogens is 4. The summed E-state index contributed by atoms with van der Waals surface area (Å²) in [5.74, 6) is 1.96. The molecule has 9 nitrogen and oxygen atoms in total. The van der Waals surface area contributed by atoms with Crippen molar-refractivity contribution in [2.45, 2.75) is 6.92 Å². The van der Waals surface area contributed by atoms with Gasteiger partial charge >= 0.3 is 0 Å². The zero-order valence-electron chi connectivity index (χ0n) is 18.6. The Morgan fingerprint density at radius 2 is 1.91 bits per heavy atom. The molecule has 1 saturated heterocycles.